The van der Waals surface area contributed by atoms with E-state index in [0.29, 0.717) is 17.9 Å². The van der Waals surface area contributed by atoms with Crippen LogP contribution >= 0.6 is 11.7 Å². The zero-order valence-electron chi connectivity index (χ0n) is 7.40. The number of aryl methyl sites for hydroxylation is 1. The van der Waals surface area contributed by atoms with Gasteiger partial charge in [0.2, 0.25) is 0 Å². The molecule has 14 heavy (non-hydrogen) atoms. The maximum atomic E-state index is 9.66. The van der Waals surface area contributed by atoms with Crippen molar-refractivity contribution in [3.05, 3.63) is 17.7 Å². The van der Waals surface area contributed by atoms with Crippen molar-refractivity contribution in [3.63, 3.8) is 0 Å². The Hall–Kier alpha value is -1.41. The van der Waals surface area contributed by atoms with Crippen LogP contribution in [0.4, 0.5) is 0 Å². The summed E-state index contributed by atoms with van der Waals surface area (Å²) in [6.45, 7) is 0. The third-order valence-electron chi connectivity index (χ3n) is 1.65. The molecule has 0 spiro atoms. The molecule has 1 N–H and O–H groups in total. The van der Waals surface area contributed by atoms with Crippen LogP contribution in [0.2, 0.25) is 0 Å². The van der Waals surface area contributed by atoms with Gasteiger partial charge in [-0.3, -0.25) is 0 Å². The van der Waals surface area contributed by atoms with Crippen LogP contribution in [0.3, 0.4) is 0 Å². The first-order valence-corrected chi connectivity index (χ1v) is 4.67. The molecule has 1 atom stereocenters. The third-order valence-corrected chi connectivity index (χ3v) is 2.14. The molecule has 7 nitrogen and oxygen atoms in total. The Labute approximate surface area is 83.7 Å². The molecule has 8 heteroatoms. The van der Waals surface area contributed by atoms with Gasteiger partial charge in [-0.2, -0.15) is 13.5 Å². The predicted molar refractivity (Wildman–Crippen MR) is 47.4 cm³/mol. The molecular formula is C6H8N6OS. The first-order chi connectivity index (χ1) is 6.75. The fourth-order valence-corrected chi connectivity index (χ4v) is 1.47. The summed E-state index contributed by atoms with van der Waals surface area (Å²) in [6.07, 6.45) is 1.13. The van der Waals surface area contributed by atoms with Gasteiger partial charge in [0.05, 0.1) is 25.0 Å². The van der Waals surface area contributed by atoms with Crippen LogP contribution in [0, 0.1) is 0 Å². The maximum Gasteiger partial charge on any atom is 0.177 e. The highest BCUT2D eigenvalue weighted by Crippen LogP contribution is 2.13. The Kier molecular flexibility index (Phi) is 2.46. The number of hydrogen-bond donors (Lipinski definition) is 1. The minimum absolute atomic E-state index is 0.305. The Morgan fingerprint density at radius 2 is 2.50 bits per heavy atom. The number of hydrogen-bond acceptors (Lipinski definition) is 7. The molecule has 0 saturated carbocycles. The lowest BCUT2D eigenvalue weighted by atomic mass is 10.2. The van der Waals surface area contributed by atoms with Gasteiger partial charge in [0.25, 0.3) is 0 Å². The van der Waals surface area contributed by atoms with E-state index in [2.05, 4.69) is 24.2 Å². The van der Waals surface area contributed by atoms with E-state index in [1.807, 2.05) is 0 Å². The second kappa shape index (κ2) is 3.76. The lowest BCUT2D eigenvalue weighted by Gasteiger charge is -2.01. The van der Waals surface area contributed by atoms with Gasteiger partial charge in [-0.1, -0.05) is 0 Å². The highest BCUT2D eigenvalue weighted by Gasteiger charge is 2.14. The largest absolute Gasteiger partial charge is 0.386 e. The summed E-state index contributed by atoms with van der Waals surface area (Å²) in [5.74, 6) is 0.494. The van der Waals surface area contributed by atoms with E-state index < -0.39 is 6.10 Å². The van der Waals surface area contributed by atoms with E-state index in [9.17, 15) is 5.11 Å². The summed E-state index contributed by atoms with van der Waals surface area (Å²) in [7, 11) is 1.67. The van der Waals surface area contributed by atoms with Crippen LogP contribution in [0.1, 0.15) is 17.6 Å². The van der Waals surface area contributed by atoms with E-state index in [1.165, 1.54) is 11.0 Å². The van der Waals surface area contributed by atoms with E-state index in [1.54, 1.807) is 7.05 Å². The van der Waals surface area contributed by atoms with Crippen molar-refractivity contribution in [2.75, 3.05) is 0 Å². The number of aliphatic hydroxyl groups is 1. The van der Waals surface area contributed by atoms with Crippen LogP contribution in [0.5, 0.6) is 0 Å². The average molecular weight is 212 g/mol. The molecule has 2 aromatic rings. The van der Waals surface area contributed by atoms with Crippen LogP contribution in [-0.2, 0) is 13.5 Å². The van der Waals surface area contributed by atoms with Crippen molar-refractivity contribution in [2.24, 2.45) is 7.05 Å². The molecule has 74 valence electrons. The monoisotopic (exact) mass is 212 g/mol. The van der Waals surface area contributed by atoms with Crippen molar-refractivity contribution in [3.8, 4) is 0 Å². The van der Waals surface area contributed by atoms with Gasteiger partial charge < -0.3 is 5.11 Å². The molecule has 0 aliphatic rings. The van der Waals surface area contributed by atoms with Crippen molar-refractivity contribution < 1.29 is 5.11 Å². The predicted octanol–water partition coefficient (Wildman–Crippen LogP) is -0.662. The minimum Gasteiger partial charge on any atom is -0.386 e. The van der Waals surface area contributed by atoms with Gasteiger partial charge >= 0.3 is 0 Å². The highest BCUT2D eigenvalue weighted by molar-refractivity contribution is 6.99. The first kappa shape index (κ1) is 9.16. The van der Waals surface area contributed by atoms with E-state index >= 15 is 0 Å². The summed E-state index contributed by atoms with van der Waals surface area (Å²) < 4.78 is 7.72. The normalized spacial score (nSPS) is 13.0. The fourth-order valence-electron chi connectivity index (χ4n) is 1.00. The zero-order valence-corrected chi connectivity index (χ0v) is 8.22. The van der Waals surface area contributed by atoms with Gasteiger partial charge in [0.15, 0.2) is 5.82 Å². The average Bonchev–Trinajstić information content (AvgIpc) is 2.75. The van der Waals surface area contributed by atoms with Gasteiger partial charge in [-0.15, -0.1) is 10.2 Å². The number of aromatic nitrogens is 6. The second-order valence-electron chi connectivity index (χ2n) is 2.75. The molecule has 0 aliphatic carbocycles. The van der Waals surface area contributed by atoms with Gasteiger partial charge in [-0.25, -0.2) is 0 Å². The third kappa shape index (κ3) is 1.91. The SMILES string of the molecule is Cn1nnc(CC(O)c2cnsn2)n1. The zero-order chi connectivity index (χ0) is 9.97. The first-order valence-electron chi connectivity index (χ1n) is 3.94. The number of tetrazole rings is 1. The Morgan fingerprint density at radius 1 is 1.64 bits per heavy atom. The lowest BCUT2D eigenvalue weighted by Crippen LogP contribution is -2.04. The Balaban J connectivity index is 2.05. The van der Waals surface area contributed by atoms with Crippen molar-refractivity contribution in [2.45, 2.75) is 12.5 Å². The molecule has 0 amide bonds. The van der Waals surface area contributed by atoms with Crippen molar-refractivity contribution >= 4 is 11.7 Å². The van der Waals surface area contributed by atoms with E-state index in [-0.39, 0.29) is 0 Å². The molecule has 0 bridgehead atoms. The van der Waals surface area contributed by atoms with Gasteiger partial charge in [0.1, 0.15) is 11.8 Å². The Bertz CT molecular complexity index is 398. The number of nitrogens with zero attached hydrogens (tertiary/aromatic N) is 6. The molecule has 0 fully saturated rings. The molecule has 0 aromatic carbocycles. The van der Waals surface area contributed by atoms with Crippen molar-refractivity contribution in [1.29, 1.82) is 0 Å². The van der Waals surface area contributed by atoms with Crippen LogP contribution in [-0.4, -0.2) is 34.1 Å². The highest BCUT2D eigenvalue weighted by atomic mass is 32.1. The second-order valence-corrected chi connectivity index (χ2v) is 3.30. The van der Waals surface area contributed by atoms with Crippen molar-refractivity contribution in [1.82, 2.24) is 29.0 Å². The smallest absolute Gasteiger partial charge is 0.177 e. The van der Waals surface area contributed by atoms with E-state index in [4.69, 9.17) is 0 Å². The lowest BCUT2D eigenvalue weighted by molar-refractivity contribution is 0.172. The van der Waals surface area contributed by atoms with Crippen LogP contribution < -0.4 is 0 Å². The quantitative estimate of drug-likeness (QED) is 0.726. The maximum absolute atomic E-state index is 9.66. The molecule has 0 aliphatic heterocycles. The fraction of sp³-hybridized carbons (Fsp3) is 0.500. The van der Waals surface area contributed by atoms with Gasteiger partial charge in [-0.05, 0) is 5.21 Å². The molecule has 2 rings (SSSR count). The molecule has 1 unspecified atom stereocenters. The number of rotatable bonds is 3. The summed E-state index contributed by atoms with van der Waals surface area (Å²) in [4.78, 5) is 1.35. The minimum atomic E-state index is -0.710. The summed E-state index contributed by atoms with van der Waals surface area (Å²) in [6, 6.07) is 0. The summed E-state index contributed by atoms with van der Waals surface area (Å²) in [5, 5.41) is 21.0. The summed E-state index contributed by atoms with van der Waals surface area (Å²) in [5.41, 5.74) is 0.544. The molecule has 0 saturated heterocycles. The Morgan fingerprint density at radius 3 is 3.07 bits per heavy atom. The van der Waals surface area contributed by atoms with Gasteiger partial charge in [0, 0.05) is 6.42 Å². The topological polar surface area (TPSA) is 89.6 Å². The van der Waals surface area contributed by atoms with Crippen LogP contribution in [0.15, 0.2) is 6.20 Å². The standard InChI is InChI=1S/C6H8N6OS/c1-12-9-6(8-11-12)2-5(13)4-3-7-14-10-4/h3,5,13H,2H2,1H3. The molecule has 0 radical (unpaired) electrons. The molecule has 2 aromatic heterocycles. The molecular weight excluding hydrogens is 204 g/mol. The number of aliphatic hydroxyl groups excluding tert-OH is 1. The molecule has 2 heterocycles. The summed E-state index contributed by atoms with van der Waals surface area (Å²) >= 11 is 1.06. The van der Waals surface area contributed by atoms with E-state index in [0.717, 1.165) is 11.7 Å². The van der Waals surface area contributed by atoms with Crippen LogP contribution in [0.25, 0.3) is 0 Å².